The third-order valence-corrected chi connectivity index (χ3v) is 5.64. The smallest absolute Gasteiger partial charge is 0.341 e. The molecule has 1 heterocycles. The number of anilines is 1. The first-order valence-electron chi connectivity index (χ1n) is 8.24. The summed E-state index contributed by atoms with van der Waals surface area (Å²) < 4.78 is 4.22. The van der Waals surface area contributed by atoms with Gasteiger partial charge in [-0.3, -0.25) is 5.32 Å². The molecule has 26 heavy (non-hydrogen) atoms. The Morgan fingerprint density at radius 3 is 2.62 bits per heavy atom. The van der Waals surface area contributed by atoms with E-state index in [2.05, 4.69) is 34.1 Å². The number of nitrogens with one attached hydrogen (secondary N) is 2. The van der Waals surface area contributed by atoms with Crippen molar-refractivity contribution in [3.8, 4) is 0 Å². The summed E-state index contributed by atoms with van der Waals surface area (Å²) in [6.45, 7) is 8.58. The lowest BCUT2D eigenvalue weighted by Crippen LogP contribution is -2.31. The summed E-state index contributed by atoms with van der Waals surface area (Å²) in [7, 11) is 0. The van der Waals surface area contributed by atoms with Gasteiger partial charge < -0.3 is 10.4 Å². The Morgan fingerprint density at radius 1 is 1.27 bits per heavy atom. The van der Waals surface area contributed by atoms with Crippen molar-refractivity contribution < 1.29 is 14.7 Å². The van der Waals surface area contributed by atoms with Crippen LogP contribution in [0.4, 0.5) is 9.80 Å². The van der Waals surface area contributed by atoms with Crippen molar-refractivity contribution in [3.05, 3.63) is 40.5 Å². The van der Waals surface area contributed by atoms with Crippen molar-refractivity contribution in [2.45, 2.75) is 38.5 Å². The standard InChI is InChI=1S/C18H23N3O3S2/c1-10(2)8-19-18(24)20-15-14(17(22)23)16(21-26-15)25-9-13-6-5-11(3)12(4)7-13/h5-7,10H,8-9H2,1-4H3,(H,22,23)(H2,19,20,24). The molecule has 0 spiro atoms. The number of carboxylic acid groups (broad SMARTS) is 1. The fraction of sp³-hybridized carbons (Fsp3) is 0.389. The highest BCUT2D eigenvalue weighted by Gasteiger charge is 2.22. The highest BCUT2D eigenvalue weighted by atomic mass is 32.2. The van der Waals surface area contributed by atoms with Crippen LogP contribution in [0.5, 0.6) is 0 Å². The highest BCUT2D eigenvalue weighted by Crippen LogP contribution is 2.33. The van der Waals surface area contributed by atoms with Crippen molar-refractivity contribution in [2.75, 3.05) is 11.9 Å². The number of urea groups is 1. The zero-order chi connectivity index (χ0) is 19.3. The number of carboxylic acids is 1. The van der Waals surface area contributed by atoms with Gasteiger partial charge in [-0.25, -0.2) is 9.59 Å². The minimum absolute atomic E-state index is 0.0449. The summed E-state index contributed by atoms with van der Waals surface area (Å²) >= 11 is 2.34. The van der Waals surface area contributed by atoms with Gasteiger partial charge in [0.15, 0.2) is 0 Å². The number of nitrogens with zero attached hydrogens (tertiary/aromatic N) is 1. The molecule has 0 radical (unpaired) electrons. The maximum absolute atomic E-state index is 11.9. The van der Waals surface area contributed by atoms with Crippen molar-refractivity contribution in [1.82, 2.24) is 9.69 Å². The number of thioether (sulfide) groups is 1. The van der Waals surface area contributed by atoms with E-state index in [1.54, 1.807) is 0 Å². The monoisotopic (exact) mass is 393 g/mol. The lowest BCUT2D eigenvalue weighted by atomic mass is 10.1. The number of hydrogen-bond acceptors (Lipinski definition) is 5. The lowest BCUT2D eigenvalue weighted by Gasteiger charge is -2.08. The van der Waals surface area contributed by atoms with Crippen LogP contribution in [0.2, 0.25) is 0 Å². The second-order valence-corrected chi connectivity index (χ2v) is 8.17. The van der Waals surface area contributed by atoms with Gasteiger partial charge in [-0.1, -0.05) is 43.8 Å². The molecule has 8 heteroatoms. The first-order valence-corrected chi connectivity index (χ1v) is 10.0. The molecule has 6 nitrogen and oxygen atoms in total. The molecule has 1 aromatic heterocycles. The van der Waals surface area contributed by atoms with Crippen LogP contribution in [0.15, 0.2) is 23.2 Å². The van der Waals surface area contributed by atoms with Crippen LogP contribution < -0.4 is 10.6 Å². The number of amides is 2. The summed E-state index contributed by atoms with van der Waals surface area (Å²) in [6.07, 6.45) is 0. The van der Waals surface area contributed by atoms with E-state index in [1.807, 2.05) is 26.8 Å². The van der Waals surface area contributed by atoms with Gasteiger partial charge in [-0.2, -0.15) is 4.37 Å². The van der Waals surface area contributed by atoms with E-state index < -0.39 is 12.0 Å². The summed E-state index contributed by atoms with van der Waals surface area (Å²) in [5.41, 5.74) is 3.57. The number of carbonyl (C=O) groups is 2. The van der Waals surface area contributed by atoms with Gasteiger partial charge in [0.05, 0.1) is 0 Å². The first-order chi connectivity index (χ1) is 12.3. The number of hydrogen-bond donors (Lipinski definition) is 3. The molecule has 0 aliphatic carbocycles. The molecule has 0 fully saturated rings. The van der Waals surface area contributed by atoms with E-state index >= 15 is 0 Å². The molecule has 2 rings (SSSR count). The third-order valence-electron chi connectivity index (χ3n) is 3.72. The Labute approximate surface area is 161 Å². The van der Waals surface area contributed by atoms with E-state index in [4.69, 9.17) is 0 Å². The van der Waals surface area contributed by atoms with Gasteiger partial charge in [0.2, 0.25) is 0 Å². The number of aromatic nitrogens is 1. The fourth-order valence-electron chi connectivity index (χ4n) is 2.14. The zero-order valence-electron chi connectivity index (χ0n) is 15.3. The number of benzene rings is 1. The fourth-order valence-corrected chi connectivity index (χ4v) is 4.02. The summed E-state index contributed by atoms with van der Waals surface area (Å²) in [6, 6.07) is 5.75. The molecule has 1 aromatic carbocycles. The van der Waals surface area contributed by atoms with Gasteiger partial charge in [0.25, 0.3) is 0 Å². The molecule has 0 atom stereocenters. The van der Waals surface area contributed by atoms with Crippen LogP contribution in [-0.2, 0) is 5.75 Å². The average Bonchev–Trinajstić information content (AvgIpc) is 2.96. The van der Waals surface area contributed by atoms with Crippen molar-refractivity contribution in [1.29, 1.82) is 0 Å². The van der Waals surface area contributed by atoms with Gasteiger partial charge in [-0.15, -0.1) is 0 Å². The zero-order valence-corrected chi connectivity index (χ0v) is 16.9. The quantitative estimate of drug-likeness (QED) is 0.601. The van der Waals surface area contributed by atoms with Gasteiger partial charge in [0.1, 0.15) is 15.6 Å². The largest absolute Gasteiger partial charge is 0.477 e. The number of aromatic carboxylic acids is 1. The van der Waals surface area contributed by atoms with Crippen LogP contribution in [0.3, 0.4) is 0 Å². The molecule has 140 valence electrons. The minimum atomic E-state index is -1.10. The molecule has 2 aromatic rings. The van der Waals surface area contributed by atoms with Crippen LogP contribution in [-0.4, -0.2) is 28.0 Å². The Kier molecular flexibility index (Phi) is 7.05. The summed E-state index contributed by atoms with van der Waals surface area (Å²) in [4.78, 5) is 23.5. The van der Waals surface area contributed by atoms with E-state index in [9.17, 15) is 14.7 Å². The van der Waals surface area contributed by atoms with E-state index in [0.717, 1.165) is 17.1 Å². The highest BCUT2D eigenvalue weighted by molar-refractivity contribution is 7.98. The van der Waals surface area contributed by atoms with Crippen molar-refractivity contribution in [3.63, 3.8) is 0 Å². The molecular formula is C18H23N3O3S2. The van der Waals surface area contributed by atoms with Crippen LogP contribution in [0.25, 0.3) is 0 Å². The maximum atomic E-state index is 11.9. The Bertz CT molecular complexity index is 803. The Morgan fingerprint density at radius 2 is 2.00 bits per heavy atom. The van der Waals surface area contributed by atoms with E-state index in [1.165, 1.54) is 22.9 Å². The molecule has 0 aliphatic rings. The predicted octanol–water partition coefficient (Wildman–Crippen LogP) is 4.53. The topological polar surface area (TPSA) is 91.3 Å². The molecule has 0 saturated carbocycles. The van der Waals surface area contributed by atoms with Crippen LogP contribution in [0, 0.1) is 19.8 Å². The van der Waals surface area contributed by atoms with E-state index in [-0.39, 0.29) is 10.6 Å². The SMILES string of the molecule is Cc1ccc(CSc2nsc(NC(=O)NCC(C)C)c2C(=O)O)cc1C. The molecule has 0 aliphatic heterocycles. The third kappa shape index (κ3) is 5.47. The second-order valence-electron chi connectivity index (χ2n) is 6.43. The maximum Gasteiger partial charge on any atom is 0.341 e. The van der Waals surface area contributed by atoms with Crippen molar-refractivity contribution in [2.24, 2.45) is 5.92 Å². The molecular weight excluding hydrogens is 370 g/mol. The number of carbonyl (C=O) groups excluding carboxylic acids is 1. The normalized spacial score (nSPS) is 10.8. The van der Waals surface area contributed by atoms with Gasteiger partial charge in [-0.05, 0) is 48.0 Å². The number of rotatable bonds is 7. The molecule has 3 N–H and O–H groups in total. The average molecular weight is 394 g/mol. The molecule has 0 bridgehead atoms. The lowest BCUT2D eigenvalue weighted by molar-refractivity contribution is 0.0694. The molecule has 0 saturated heterocycles. The van der Waals surface area contributed by atoms with E-state index in [0.29, 0.717) is 23.2 Å². The first kappa shape index (κ1) is 20.3. The summed E-state index contributed by atoms with van der Waals surface area (Å²) in [5, 5.41) is 15.5. The molecule has 0 unspecified atom stereocenters. The Balaban J connectivity index is 2.09. The van der Waals surface area contributed by atoms with Gasteiger partial charge >= 0.3 is 12.0 Å². The van der Waals surface area contributed by atoms with Crippen molar-refractivity contribution >= 4 is 40.3 Å². The Hall–Kier alpha value is -2.06. The second kappa shape index (κ2) is 9.05. The number of aryl methyl sites for hydroxylation is 2. The summed E-state index contributed by atoms with van der Waals surface area (Å²) in [5.74, 6) is -0.171. The minimum Gasteiger partial charge on any atom is -0.477 e. The van der Waals surface area contributed by atoms with Crippen LogP contribution >= 0.6 is 23.3 Å². The molecule has 2 amide bonds. The van der Waals surface area contributed by atoms with Gasteiger partial charge in [0, 0.05) is 12.3 Å². The predicted molar refractivity (Wildman–Crippen MR) is 106 cm³/mol. The van der Waals surface area contributed by atoms with Crippen LogP contribution in [0.1, 0.15) is 40.9 Å².